The molecule has 1 aromatic heterocycles. The van der Waals surface area contributed by atoms with Crippen molar-refractivity contribution in [2.75, 3.05) is 25.6 Å². The normalized spacial score (nSPS) is 10.9. The lowest BCUT2D eigenvalue weighted by atomic mass is 10.2. The Morgan fingerprint density at radius 1 is 1.00 bits per heavy atom. The summed E-state index contributed by atoms with van der Waals surface area (Å²) in [5, 5.41) is 5.52. The van der Waals surface area contributed by atoms with Gasteiger partial charge in [-0.25, -0.2) is 9.97 Å². The summed E-state index contributed by atoms with van der Waals surface area (Å²) in [6, 6.07) is 13.0. The predicted molar refractivity (Wildman–Crippen MR) is 95.4 cm³/mol. The number of hydrogen-bond donors (Lipinski definition) is 1. The Kier molecular flexibility index (Phi) is 4.96. The molecule has 0 fully saturated rings. The van der Waals surface area contributed by atoms with Crippen LogP contribution in [0.5, 0.6) is 0 Å². The molecule has 23 heavy (non-hydrogen) atoms. The van der Waals surface area contributed by atoms with E-state index in [2.05, 4.69) is 15.3 Å². The molecule has 0 atom stereocenters. The summed E-state index contributed by atoms with van der Waals surface area (Å²) >= 11 is 12.0. The summed E-state index contributed by atoms with van der Waals surface area (Å²) < 4.78 is 5.08. The molecule has 2 aromatic carbocycles. The van der Waals surface area contributed by atoms with Gasteiger partial charge in [-0.3, -0.25) is 0 Å². The fourth-order valence-electron chi connectivity index (χ4n) is 2.24. The fourth-order valence-corrected chi connectivity index (χ4v) is 2.53. The standard InChI is InChI=1S/C17H15Cl2N3O/c1-23-9-8-20-17-14-7-6-13(19)10-15(14)21-16(22-17)11-2-4-12(18)5-3-11/h2-7,10H,8-9H2,1H3,(H,20,21,22). The average molecular weight is 348 g/mol. The van der Waals surface area contributed by atoms with Crippen LogP contribution >= 0.6 is 23.2 Å². The van der Waals surface area contributed by atoms with Crippen molar-refractivity contribution in [1.29, 1.82) is 0 Å². The summed E-state index contributed by atoms with van der Waals surface area (Å²) in [5.74, 6) is 1.38. The molecule has 6 heteroatoms. The van der Waals surface area contributed by atoms with Gasteiger partial charge in [0.15, 0.2) is 5.82 Å². The highest BCUT2D eigenvalue weighted by atomic mass is 35.5. The van der Waals surface area contributed by atoms with Crippen molar-refractivity contribution in [2.24, 2.45) is 0 Å². The molecule has 0 spiro atoms. The second-order valence-electron chi connectivity index (χ2n) is 4.98. The molecule has 1 heterocycles. The topological polar surface area (TPSA) is 47.0 Å². The number of hydrogen-bond acceptors (Lipinski definition) is 4. The Labute approximate surface area is 144 Å². The number of methoxy groups -OCH3 is 1. The first-order valence-corrected chi connectivity index (χ1v) is 7.89. The van der Waals surface area contributed by atoms with Gasteiger partial charge in [0.25, 0.3) is 0 Å². The van der Waals surface area contributed by atoms with Gasteiger partial charge in [-0.1, -0.05) is 23.2 Å². The monoisotopic (exact) mass is 347 g/mol. The van der Waals surface area contributed by atoms with Crippen LogP contribution in [-0.2, 0) is 4.74 Å². The van der Waals surface area contributed by atoms with Gasteiger partial charge in [0.05, 0.1) is 12.1 Å². The first-order valence-electron chi connectivity index (χ1n) is 7.13. The van der Waals surface area contributed by atoms with E-state index in [4.69, 9.17) is 27.9 Å². The third-order valence-electron chi connectivity index (χ3n) is 3.36. The smallest absolute Gasteiger partial charge is 0.162 e. The van der Waals surface area contributed by atoms with E-state index in [1.807, 2.05) is 42.5 Å². The van der Waals surface area contributed by atoms with Gasteiger partial charge < -0.3 is 10.1 Å². The number of rotatable bonds is 5. The summed E-state index contributed by atoms with van der Waals surface area (Å²) in [6.45, 7) is 1.25. The Morgan fingerprint density at radius 3 is 2.48 bits per heavy atom. The number of fused-ring (bicyclic) bond motifs is 1. The zero-order valence-corrected chi connectivity index (χ0v) is 14.0. The zero-order chi connectivity index (χ0) is 16.2. The molecule has 0 aliphatic rings. The van der Waals surface area contributed by atoms with Crippen molar-refractivity contribution in [3.05, 3.63) is 52.5 Å². The molecule has 3 rings (SSSR count). The first-order chi connectivity index (χ1) is 11.2. The van der Waals surface area contributed by atoms with Crippen LogP contribution in [0.4, 0.5) is 5.82 Å². The lowest BCUT2D eigenvalue weighted by Crippen LogP contribution is -2.10. The van der Waals surface area contributed by atoms with E-state index in [-0.39, 0.29) is 0 Å². The number of nitrogens with one attached hydrogen (secondary N) is 1. The number of halogens is 2. The van der Waals surface area contributed by atoms with Crippen molar-refractivity contribution in [1.82, 2.24) is 9.97 Å². The summed E-state index contributed by atoms with van der Waals surface area (Å²) in [7, 11) is 1.67. The summed E-state index contributed by atoms with van der Waals surface area (Å²) in [5.41, 5.74) is 1.68. The number of benzene rings is 2. The zero-order valence-electron chi connectivity index (χ0n) is 12.5. The van der Waals surface area contributed by atoms with Crippen molar-refractivity contribution in [3.63, 3.8) is 0 Å². The minimum atomic E-state index is 0.593. The number of anilines is 1. The minimum absolute atomic E-state index is 0.593. The van der Waals surface area contributed by atoms with Crippen molar-refractivity contribution in [3.8, 4) is 11.4 Å². The second kappa shape index (κ2) is 7.13. The highest BCUT2D eigenvalue weighted by Gasteiger charge is 2.10. The van der Waals surface area contributed by atoms with Gasteiger partial charge in [0, 0.05) is 34.6 Å². The van der Waals surface area contributed by atoms with E-state index in [9.17, 15) is 0 Å². The molecular weight excluding hydrogens is 333 g/mol. The molecule has 0 amide bonds. The Balaban J connectivity index is 2.09. The van der Waals surface area contributed by atoms with Gasteiger partial charge in [-0.05, 0) is 42.5 Å². The molecule has 0 saturated carbocycles. The van der Waals surface area contributed by atoms with Gasteiger partial charge >= 0.3 is 0 Å². The molecule has 0 unspecified atom stereocenters. The van der Waals surface area contributed by atoms with Crippen LogP contribution in [0.1, 0.15) is 0 Å². The van der Waals surface area contributed by atoms with Crippen molar-refractivity contribution >= 4 is 39.9 Å². The van der Waals surface area contributed by atoms with E-state index >= 15 is 0 Å². The number of ether oxygens (including phenoxy) is 1. The number of nitrogens with zero attached hydrogens (tertiary/aromatic N) is 2. The predicted octanol–water partition coefficient (Wildman–Crippen LogP) is 4.66. The van der Waals surface area contributed by atoms with Crippen LogP contribution in [0.15, 0.2) is 42.5 Å². The Hall–Kier alpha value is -1.88. The minimum Gasteiger partial charge on any atom is -0.383 e. The van der Waals surface area contributed by atoms with Crippen molar-refractivity contribution < 1.29 is 4.74 Å². The van der Waals surface area contributed by atoms with Gasteiger partial charge in [0.2, 0.25) is 0 Å². The van der Waals surface area contributed by atoms with E-state index in [0.29, 0.717) is 29.0 Å². The SMILES string of the molecule is COCCNc1nc(-c2ccc(Cl)cc2)nc2cc(Cl)ccc12. The van der Waals surface area contributed by atoms with Crippen LogP contribution in [0.2, 0.25) is 10.0 Å². The molecular formula is C17H15Cl2N3O. The van der Waals surface area contributed by atoms with Crippen LogP contribution in [0, 0.1) is 0 Å². The molecule has 0 saturated heterocycles. The van der Waals surface area contributed by atoms with Crippen molar-refractivity contribution in [2.45, 2.75) is 0 Å². The lowest BCUT2D eigenvalue weighted by molar-refractivity contribution is 0.210. The maximum Gasteiger partial charge on any atom is 0.162 e. The molecule has 3 aromatic rings. The van der Waals surface area contributed by atoms with Crippen LogP contribution < -0.4 is 5.32 Å². The third kappa shape index (κ3) is 3.72. The third-order valence-corrected chi connectivity index (χ3v) is 3.85. The average Bonchev–Trinajstić information content (AvgIpc) is 2.55. The molecule has 1 N–H and O–H groups in total. The van der Waals surface area contributed by atoms with E-state index < -0.39 is 0 Å². The van der Waals surface area contributed by atoms with Crippen LogP contribution in [0.25, 0.3) is 22.3 Å². The second-order valence-corrected chi connectivity index (χ2v) is 5.86. The maximum absolute atomic E-state index is 6.10. The van der Waals surface area contributed by atoms with E-state index in [0.717, 1.165) is 22.3 Å². The van der Waals surface area contributed by atoms with Crippen LogP contribution in [-0.4, -0.2) is 30.2 Å². The van der Waals surface area contributed by atoms with Gasteiger partial charge in [-0.15, -0.1) is 0 Å². The highest BCUT2D eigenvalue weighted by Crippen LogP contribution is 2.27. The molecule has 0 radical (unpaired) electrons. The summed E-state index contributed by atoms with van der Waals surface area (Å²) in [6.07, 6.45) is 0. The fraction of sp³-hybridized carbons (Fsp3) is 0.176. The largest absolute Gasteiger partial charge is 0.383 e. The summed E-state index contributed by atoms with van der Waals surface area (Å²) in [4.78, 5) is 9.25. The quantitative estimate of drug-likeness (QED) is 0.681. The van der Waals surface area contributed by atoms with Gasteiger partial charge in [-0.2, -0.15) is 0 Å². The number of aromatic nitrogens is 2. The van der Waals surface area contributed by atoms with Gasteiger partial charge in [0.1, 0.15) is 5.82 Å². The van der Waals surface area contributed by atoms with E-state index in [1.54, 1.807) is 7.11 Å². The molecule has 0 bridgehead atoms. The van der Waals surface area contributed by atoms with E-state index in [1.165, 1.54) is 0 Å². The maximum atomic E-state index is 6.10. The molecule has 0 aliphatic heterocycles. The molecule has 0 aliphatic carbocycles. The molecule has 4 nitrogen and oxygen atoms in total. The van der Waals surface area contributed by atoms with Crippen LogP contribution in [0.3, 0.4) is 0 Å². The highest BCUT2D eigenvalue weighted by molar-refractivity contribution is 6.31. The lowest BCUT2D eigenvalue weighted by Gasteiger charge is -2.11. The Bertz CT molecular complexity index is 822. The first kappa shape index (κ1) is 16.0. The molecule has 118 valence electrons. The Morgan fingerprint density at radius 2 is 1.74 bits per heavy atom.